The van der Waals surface area contributed by atoms with Crippen LogP contribution in [-0.4, -0.2) is 90.4 Å². The maximum atomic E-state index is 14.6. The van der Waals surface area contributed by atoms with Crippen LogP contribution in [0.15, 0.2) is 0 Å². The molecule has 1 saturated carbocycles. The van der Waals surface area contributed by atoms with E-state index < -0.39 is 64.7 Å². The van der Waals surface area contributed by atoms with Gasteiger partial charge in [-0.2, -0.15) is 0 Å². The van der Waals surface area contributed by atoms with Crippen molar-refractivity contribution in [3.63, 3.8) is 0 Å². The number of likely N-dealkylation sites (tertiary alicyclic amines) is 1. The van der Waals surface area contributed by atoms with Crippen molar-refractivity contribution in [1.82, 2.24) is 31.5 Å². The normalized spacial score (nSPS) is 20.4. The molecular weight excluding hydrogens is 640 g/mol. The molecule has 1 heterocycles. The molecule has 50 heavy (non-hydrogen) atoms. The third-order valence-corrected chi connectivity index (χ3v) is 9.92. The van der Waals surface area contributed by atoms with Crippen molar-refractivity contribution in [3.8, 4) is 12.3 Å². The zero-order valence-corrected chi connectivity index (χ0v) is 31.5. The van der Waals surface area contributed by atoms with Gasteiger partial charge >= 0.3 is 12.1 Å². The number of nitrogens with one attached hydrogen (secondary N) is 5. The molecule has 13 nitrogen and oxygen atoms in total. The van der Waals surface area contributed by atoms with Crippen LogP contribution in [0.2, 0.25) is 0 Å². The summed E-state index contributed by atoms with van der Waals surface area (Å²) in [5, 5.41) is 13.9. The number of alkyl carbamates (subject to hydrolysis) is 1. The Balaban J connectivity index is 2.36. The minimum absolute atomic E-state index is 0.0755. The number of Topliss-reactive ketones (excluding diaryl/α,β-unsaturated/α-hetero) is 1. The van der Waals surface area contributed by atoms with Gasteiger partial charge in [0.1, 0.15) is 18.7 Å². The molecule has 1 aliphatic heterocycles. The summed E-state index contributed by atoms with van der Waals surface area (Å²) in [5.41, 5.74) is -1.07. The van der Waals surface area contributed by atoms with E-state index in [1.54, 1.807) is 0 Å². The Kier molecular flexibility index (Phi) is 16.5. The van der Waals surface area contributed by atoms with E-state index in [1.165, 1.54) is 4.90 Å². The number of ketones is 1. The summed E-state index contributed by atoms with van der Waals surface area (Å²) in [4.78, 5) is 81.8. The van der Waals surface area contributed by atoms with Crippen LogP contribution >= 0.6 is 0 Å². The fourth-order valence-corrected chi connectivity index (χ4v) is 6.75. The first kappa shape index (κ1) is 42.3. The van der Waals surface area contributed by atoms with E-state index in [2.05, 4.69) is 32.5 Å². The molecule has 1 saturated heterocycles. The van der Waals surface area contributed by atoms with Crippen LogP contribution in [0.5, 0.6) is 0 Å². The fraction of sp³-hybridized carbons (Fsp3) is 0.784. The van der Waals surface area contributed by atoms with Gasteiger partial charge in [-0.1, -0.05) is 67.2 Å². The number of nitrogens with zero attached hydrogens (tertiary/aromatic N) is 1. The summed E-state index contributed by atoms with van der Waals surface area (Å²) in [7, 11) is 0. The predicted octanol–water partition coefficient (Wildman–Crippen LogP) is 3.79. The molecule has 0 aromatic carbocycles. The second kappa shape index (κ2) is 19.5. The Morgan fingerprint density at radius 3 is 2.20 bits per heavy atom. The van der Waals surface area contributed by atoms with Crippen molar-refractivity contribution in [2.24, 2.45) is 16.7 Å². The Bertz CT molecular complexity index is 1230. The molecule has 0 spiro atoms. The predicted molar refractivity (Wildman–Crippen MR) is 192 cm³/mol. The van der Waals surface area contributed by atoms with Crippen molar-refractivity contribution in [3.05, 3.63) is 0 Å². The number of hydrogen-bond donors (Lipinski definition) is 5. The molecule has 13 heteroatoms. The molecule has 282 valence electrons. The van der Waals surface area contributed by atoms with Gasteiger partial charge in [0.2, 0.25) is 17.6 Å². The van der Waals surface area contributed by atoms with Gasteiger partial charge in [0.05, 0.1) is 12.1 Å². The molecule has 0 radical (unpaired) electrons. The van der Waals surface area contributed by atoms with Gasteiger partial charge in [0, 0.05) is 25.6 Å². The average Bonchev–Trinajstić information content (AvgIpc) is 3.49. The van der Waals surface area contributed by atoms with E-state index in [0.29, 0.717) is 45.2 Å². The van der Waals surface area contributed by atoms with E-state index in [4.69, 9.17) is 11.2 Å². The molecule has 1 aliphatic carbocycles. The maximum Gasteiger partial charge on any atom is 0.407 e. The lowest BCUT2D eigenvalue weighted by Gasteiger charge is -2.43. The van der Waals surface area contributed by atoms with Crippen LogP contribution in [0, 0.1) is 29.1 Å². The zero-order chi connectivity index (χ0) is 37.6. The van der Waals surface area contributed by atoms with E-state index in [0.717, 1.165) is 19.3 Å². The van der Waals surface area contributed by atoms with Gasteiger partial charge in [0.25, 0.3) is 5.91 Å². The van der Waals surface area contributed by atoms with Crippen molar-refractivity contribution < 1.29 is 33.5 Å². The maximum absolute atomic E-state index is 14.6. The quantitative estimate of drug-likeness (QED) is 0.120. The van der Waals surface area contributed by atoms with Gasteiger partial charge in [-0.25, -0.2) is 9.59 Å². The molecule has 2 aliphatic rings. The first-order valence-electron chi connectivity index (χ1n) is 18.4. The molecule has 5 N–H and O–H groups in total. The first-order chi connectivity index (χ1) is 23.5. The standard InChI is InChI=1S/C37H62N6O7/c1-10-13-17-26(29(44)32(46)38-21-11-2)40-31(45)28-25(12-3)18-22-43(28)33(47)30(37(9)19-15-14-16-20-37)42-34(48)41-27(36(6,7)8)23-50-35(49)39-24(4)5/h1,24-28,30H,11-23H2,2-9H3,(H,38,46)(H,39,49)(H,40,45)(H2,41,42,48)/t25-,26?,27+,28?,30?/m0/s1. The van der Waals surface area contributed by atoms with Crippen LogP contribution in [0.1, 0.15) is 120 Å². The minimum Gasteiger partial charge on any atom is -0.447 e. The van der Waals surface area contributed by atoms with Crippen molar-refractivity contribution in [2.75, 3.05) is 19.7 Å². The van der Waals surface area contributed by atoms with Crippen LogP contribution in [-0.2, 0) is 23.9 Å². The van der Waals surface area contributed by atoms with Gasteiger partial charge < -0.3 is 36.2 Å². The second-order valence-corrected chi connectivity index (χ2v) is 15.4. The minimum atomic E-state index is -1.14. The van der Waals surface area contributed by atoms with E-state index in [9.17, 15) is 28.8 Å². The molecule has 5 atom stereocenters. The molecule has 6 amide bonds. The Morgan fingerprint density at radius 1 is 0.980 bits per heavy atom. The number of hydrogen-bond acceptors (Lipinski definition) is 7. The lowest BCUT2D eigenvalue weighted by molar-refractivity contribution is -0.145. The Hall–Kier alpha value is -3.82. The Morgan fingerprint density at radius 2 is 1.64 bits per heavy atom. The van der Waals surface area contributed by atoms with E-state index >= 15 is 0 Å². The lowest BCUT2D eigenvalue weighted by Crippen LogP contribution is -2.63. The Labute approximate surface area is 298 Å². The van der Waals surface area contributed by atoms with Gasteiger partial charge in [-0.05, 0) is 62.7 Å². The van der Waals surface area contributed by atoms with Gasteiger partial charge in [-0.3, -0.25) is 19.2 Å². The third kappa shape index (κ3) is 12.2. The number of ether oxygens (including phenoxy) is 1. The van der Waals surface area contributed by atoms with Gasteiger partial charge in [-0.15, -0.1) is 12.3 Å². The molecule has 0 aromatic rings. The van der Waals surface area contributed by atoms with E-state index in [1.807, 2.05) is 55.4 Å². The average molecular weight is 703 g/mol. The van der Waals surface area contributed by atoms with E-state index in [-0.39, 0.29) is 37.3 Å². The topological polar surface area (TPSA) is 175 Å². The SMILES string of the molecule is C#CCCC(NC(=O)C1[C@@H](CC)CCN1C(=O)C(NC(=O)N[C@H](COC(=O)NC(C)C)C(C)(C)C)C1(C)CCCCC1)C(=O)C(=O)NCCC. The number of terminal acetylenes is 1. The van der Waals surface area contributed by atoms with Crippen LogP contribution in [0.25, 0.3) is 0 Å². The van der Waals surface area contributed by atoms with Gasteiger partial charge in [0.15, 0.2) is 0 Å². The number of rotatable bonds is 16. The lowest BCUT2D eigenvalue weighted by atomic mass is 9.70. The highest BCUT2D eigenvalue weighted by molar-refractivity contribution is 6.38. The molecule has 2 rings (SSSR count). The monoisotopic (exact) mass is 702 g/mol. The summed E-state index contributed by atoms with van der Waals surface area (Å²) in [6.45, 7) is 15.7. The van der Waals surface area contributed by atoms with Crippen molar-refractivity contribution in [1.29, 1.82) is 0 Å². The van der Waals surface area contributed by atoms with Crippen molar-refractivity contribution >= 4 is 35.6 Å². The number of urea groups is 1. The summed E-state index contributed by atoms with van der Waals surface area (Å²) in [5.74, 6) is -0.188. The second-order valence-electron chi connectivity index (χ2n) is 15.4. The zero-order valence-electron chi connectivity index (χ0n) is 31.5. The molecule has 0 aromatic heterocycles. The molecule has 3 unspecified atom stereocenters. The highest BCUT2D eigenvalue weighted by Gasteiger charge is 2.49. The third-order valence-electron chi connectivity index (χ3n) is 9.92. The number of amides is 6. The summed E-state index contributed by atoms with van der Waals surface area (Å²) >= 11 is 0. The largest absolute Gasteiger partial charge is 0.447 e. The van der Waals surface area contributed by atoms with Crippen molar-refractivity contribution in [2.45, 2.75) is 150 Å². The molecule has 2 fully saturated rings. The smallest absolute Gasteiger partial charge is 0.407 e. The fourth-order valence-electron chi connectivity index (χ4n) is 6.75. The highest BCUT2D eigenvalue weighted by atomic mass is 16.5. The summed E-state index contributed by atoms with van der Waals surface area (Å²) in [6, 6.07) is -4.25. The summed E-state index contributed by atoms with van der Waals surface area (Å²) < 4.78 is 5.41. The summed E-state index contributed by atoms with van der Waals surface area (Å²) in [6.07, 6.45) is 11.2. The van der Waals surface area contributed by atoms with Crippen LogP contribution < -0.4 is 26.6 Å². The van der Waals surface area contributed by atoms with Crippen LogP contribution in [0.4, 0.5) is 9.59 Å². The molecule has 0 bridgehead atoms. The molecular formula is C37H62N6O7. The number of carbonyl (C=O) groups excluding carboxylic acids is 6. The number of carbonyl (C=O) groups is 6. The highest BCUT2D eigenvalue weighted by Crippen LogP contribution is 2.41. The first-order valence-corrected chi connectivity index (χ1v) is 18.4. The van der Waals surface area contributed by atoms with Crippen LogP contribution in [0.3, 0.4) is 0 Å².